The summed E-state index contributed by atoms with van der Waals surface area (Å²) in [6.07, 6.45) is 1.38. The summed E-state index contributed by atoms with van der Waals surface area (Å²) in [7, 11) is 0. The monoisotopic (exact) mass is 658 g/mol. The minimum atomic E-state index is -0.981. The summed E-state index contributed by atoms with van der Waals surface area (Å²) in [5, 5.41) is 9.15. The molecule has 0 saturated carbocycles. The van der Waals surface area contributed by atoms with Crippen LogP contribution in [0, 0.1) is 0 Å². The first-order valence-electron chi connectivity index (χ1n) is 16.4. The smallest absolute Gasteiger partial charge is 0.257 e. The number of aliphatic hydroxyl groups excluding tert-OH is 1. The molecule has 1 N–H and O–H groups in total. The van der Waals surface area contributed by atoms with E-state index >= 15 is 0 Å². The number of hydrogen-bond acceptors (Lipinski definition) is 4. The third kappa shape index (κ3) is 5.92. The third-order valence-electron chi connectivity index (χ3n) is 8.84. The Hall–Kier alpha value is -4.75. The normalized spacial score (nSPS) is 19.5. The Morgan fingerprint density at radius 2 is 1.15 bits per heavy atom. The molecule has 2 aliphatic rings. The summed E-state index contributed by atoms with van der Waals surface area (Å²) < 4.78 is 6.32. The van der Waals surface area contributed by atoms with Crippen molar-refractivity contribution in [2.24, 2.45) is 0 Å². The number of hydrogen-bond donors (Lipinski definition) is 1. The van der Waals surface area contributed by atoms with E-state index in [1.54, 1.807) is 4.90 Å². The van der Waals surface area contributed by atoms with E-state index in [4.69, 9.17) is 21.4 Å². The Morgan fingerprint density at radius 1 is 0.646 bits per heavy atom. The summed E-state index contributed by atoms with van der Waals surface area (Å²) in [5.74, 6) is -0.0337. The number of benzene rings is 5. The predicted octanol–water partition coefficient (Wildman–Crippen LogP) is 7.94. The Bertz CT molecular complexity index is 1850. The second-order valence-corrected chi connectivity index (χ2v) is 12.4. The van der Waals surface area contributed by atoms with Gasteiger partial charge in [-0.3, -0.25) is 9.59 Å². The maximum Gasteiger partial charge on any atom is 0.257 e. The van der Waals surface area contributed by atoms with Gasteiger partial charge in [-0.25, -0.2) is 0 Å². The standard InChI is InChI=1S/C21H16ClNO.C20H23NO3/c22-21(17-11-5-2-6-12-17)19-14-8-7-13-18(19)20(24)23(21)15-16-9-3-1-4-10-16;1-2-13-21-19(23)17-11-6-7-12-18(17)20(21,24-15-8-14-22)16-9-4-3-5-10-16/h1-14H,15H2;3-7,9-12,22H,2,8,13-15H2,1H3. The Kier molecular flexibility index (Phi) is 10.1. The number of rotatable bonds is 10. The fourth-order valence-electron chi connectivity index (χ4n) is 6.69. The molecule has 0 spiro atoms. The number of amides is 2. The van der Waals surface area contributed by atoms with E-state index in [9.17, 15) is 9.59 Å². The van der Waals surface area contributed by atoms with E-state index in [1.807, 2.05) is 144 Å². The molecule has 0 aromatic heterocycles. The van der Waals surface area contributed by atoms with Crippen molar-refractivity contribution in [1.82, 2.24) is 9.80 Å². The molecule has 244 valence electrons. The molecular weight excluding hydrogens is 620 g/mol. The fraction of sp³-hybridized carbons (Fsp3) is 0.220. The first-order valence-corrected chi connectivity index (χ1v) is 16.8. The molecule has 0 radical (unpaired) electrons. The topological polar surface area (TPSA) is 70.1 Å². The van der Waals surface area contributed by atoms with Crippen LogP contribution in [0.15, 0.2) is 140 Å². The largest absolute Gasteiger partial charge is 0.396 e. The summed E-state index contributed by atoms with van der Waals surface area (Å²) in [5.41, 5.74) is 5.08. The van der Waals surface area contributed by atoms with Crippen LogP contribution >= 0.6 is 11.6 Å². The minimum Gasteiger partial charge on any atom is -0.396 e. The zero-order valence-electron chi connectivity index (χ0n) is 27.0. The van der Waals surface area contributed by atoms with E-state index in [0.717, 1.165) is 34.2 Å². The van der Waals surface area contributed by atoms with E-state index in [2.05, 4.69) is 6.92 Å². The Labute approximate surface area is 287 Å². The van der Waals surface area contributed by atoms with Crippen molar-refractivity contribution >= 4 is 23.4 Å². The lowest BCUT2D eigenvalue weighted by molar-refractivity contribution is -0.110. The van der Waals surface area contributed by atoms with Gasteiger partial charge in [0.05, 0.1) is 6.61 Å². The molecule has 0 aliphatic carbocycles. The van der Waals surface area contributed by atoms with Crippen LogP contribution < -0.4 is 0 Å². The van der Waals surface area contributed by atoms with Crippen LogP contribution in [0.5, 0.6) is 0 Å². The van der Waals surface area contributed by atoms with Crippen molar-refractivity contribution in [1.29, 1.82) is 0 Å². The van der Waals surface area contributed by atoms with Crippen LogP contribution in [0.25, 0.3) is 0 Å². The maximum atomic E-state index is 13.0. The van der Waals surface area contributed by atoms with Crippen molar-refractivity contribution in [3.63, 3.8) is 0 Å². The van der Waals surface area contributed by atoms with Gasteiger partial charge in [0.2, 0.25) is 0 Å². The molecule has 0 bridgehead atoms. The number of carbonyl (C=O) groups is 2. The molecule has 0 saturated heterocycles. The fourth-order valence-corrected chi connectivity index (χ4v) is 7.11. The average Bonchev–Trinajstić information content (AvgIpc) is 3.51. The van der Waals surface area contributed by atoms with Crippen LogP contribution in [0.2, 0.25) is 0 Å². The number of alkyl halides is 1. The summed E-state index contributed by atoms with van der Waals surface area (Å²) in [6, 6.07) is 44.9. The molecule has 7 rings (SSSR count). The number of aliphatic hydroxyl groups is 1. The molecule has 48 heavy (non-hydrogen) atoms. The van der Waals surface area contributed by atoms with Crippen LogP contribution in [0.1, 0.15) is 68.3 Å². The maximum absolute atomic E-state index is 13.0. The van der Waals surface area contributed by atoms with Gasteiger partial charge in [-0.2, -0.15) is 0 Å². The van der Waals surface area contributed by atoms with E-state index in [1.165, 1.54) is 0 Å². The molecule has 7 heteroatoms. The predicted molar refractivity (Wildman–Crippen MR) is 188 cm³/mol. The highest BCUT2D eigenvalue weighted by atomic mass is 35.5. The summed E-state index contributed by atoms with van der Waals surface area (Å²) in [4.78, 5) is 28.6. The molecule has 2 atom stereocenters. The van der Waals surface area contributed by atoms with Gasteiger partial charge in [0.15, 0.2) is 10.7 Å². The van der Waals surface area contributed by atoms with Gasteiger partial charge in [0.25, 0.3) is 11.8 Å². The van der Waals surface area contributed by atoms with Crippen molar-refractivity contribution in [3.8, 4) is 0 Å². The highest BCUT2D eigenvalue weighted by Gasteiger charge is 2.52. The SMILES string of the molecule is CCCN1C(=O)c2ccccc2C1(OCCCO)c1ccccc1.O=C1c2ccccc2C(Cl)(c2ccccc2)N1Cc1ccccc1. The molecule has 2 heterocycles. The van der Waals surface area contributed by atoms with Gasteiger partial charge in [0.1, 0.15) is 0 Å². The number of carbonyl (C=O) groups excluding carboxylic acids is 2. The highest BCUT2D eigenvalue weighted by Crippen LogP contribution is 2.48. The molecule has 2 amide bonds. The average molecular weight is 659 g/mol. The first-order chi connectivity index (χ1) is 23.5. The second kappa shape index (κ2) is 14.6. The third-order valence-corrected chi connectivity index (χ3v) is 9.47. The van der Waals surface area contributed by atoms with Gasteiger partial charge < -0.3 is 19.6 Å². The molecule has 2 aliphatic heterocycles. The van der Waals surface area contributed by atoms with Crippen molar-refractivity contribution in [2.75, 3.05) is 19.8 Å². The lowest BCUT2D eigenvalue weighted by Crippen LogP contribution is -2.47. The number of nitrogens with zero attached hydrogens (tertiary/aromatic N) is 2. The van der Waals surface area contributed by atoms with Crippen LogP contribution in [0.3, 0.4) is 0 Å². The molecular formula is C41H39ClN2O4. The van der Waals surface area contributed by atoms with E-state index < -0.39 is 10.7 Å². The van der Waals surface area contributed by atoms with Gasteiger partial charge in [-0.05, 0) is 36.1 Å². The number of fused-ring (bicyclic) bond motifs is 2. The zero-order chi connectivity index (χ0) is 33.6. The Balaban J connectivity index is 0.000000167. The highest BCUT2D eigenvalue weighted by molar-refractivity contribution is 6.29. The van der Waals surface area contributed by atoms with Crippen molar-refractivity contribution in [3.05, 3.63) is 178 Å². The molecule has 5 aromatic carbocycles. The number of halogens is 1. The quantitative estimate of drug-likeness (QED) is 0.0940. The van der Waals surface area contributed by atoms with Crippen molar-refractivity contribution in [2.45, 2.75) is 37.0 Å². The lowest BCUT2D eigenvalue weighted by atomic mass is 9.93. The summed E-state index contributed by atoms with van der Waals surface area (Å²) >= 11 is 7.14. The second-order valence-electron chi connectivity index (χ2n) is 11.8. The van der Waals surface area contributed by atoms with Gasteiger partial charge in [-0.1, -0.05) is 146 Å². The summed E-state index contributed by atoms with van der Waals surface area (Å²) in [6.45, 7) is 3.58. The Morgan fingerprint density at radius 3 is 1.75 bits per heavy atom. The van der Waals surface area contributed by atoms with Gasteiger partial charge in [0, 0.05) is 47.5 Å². The first kappa shape index (κ1) is 33.2. The van der Waals surface area contributed by atoms with Crippen LogP contribution in [-0.4, -0.2) is 46.5 Å². The zero-order valence-corrected chi connectivity index (χ0v) is 27.7. The molecule has 5 aromatic rings. The van der Waals surface area contributed by atoms with E-state index in [-0.39, 0.29) is 18.4 Å². The van der Waals surface area contributed by atoms with Crippen LogP contribution in [-0.2, 0) is 22.0 Å². The lowest BCUT2D eigenvalue weighted by Gasteiger charge is -2.39. The van der Waals surface area contributed by atoms with Gasteiger partial charge >= 0.3 is 0 Å². The molecule has 6 nitrogen and oxygen atoms in total. The van der Waals surface area contributed by atoms with Gasteiger partial charge in [-0.15, -0.1) is 0 Å². The number of ether oxygens (including phenoxy) is 1. The molecule has 2 unspecified atom stereocenters. The minimum absolute atomic E-state index is 0.000279. The van der Waals surface area contributed by atoms with Crippen molar-refractivity contribution < 1.29 is 19.4 Å². The molecule has 0 fully saturated rings. The van der Waals surface area contributed by atoms with E-state index in [0.29, 0.717) is 37.2 Å². The van der Waals surface area contributed by atoms with Crippen LogP contribution in [0.4, 0.5) is 0 Å².